The molecule has 0 heterocycles. The average Bonchev–Trinajstić information content (AvgIpc) is 2.25. The number of rotatable bonds is 12. The van der Waals surface area contributed by atoms with E-state index in [0.717, 1.165) is 12.8 Å². The molecule has 0 aliphatic carbocycles. The second kappa shape index (κ2) is 17.3. The minimum absolute atomic E-state index is 0. The van der Waals surface area contributed by atoms with Crippen LogP contribution in [0.15, 0.2) is 0 Å². The molecule has 98 valence electrons. The molecule has 0 rings (SSSR count). The Balaban J connectivity index is 0. The summed E-state index contributed by atoms with van der Waals surface area (Å²) in [6.07, 6.45) is 12.7. The maximum atomic E-state index is 10.2. The maximum absolute atomic E-state index is 10.2. The van der Waals surface area contributed by atoms with Gasteiger partial charge in [0.15, 0.2) is 0 Å². The molecule has 1 unspecified atom stereocenters. The van der Waals surface area contributed by atoms with Gasteiger partial charge < -0.3 is 14.3 Å². The van der Waals surface area contributed by atoms with Crippen molar-refractivity contribution in [3.63, 3.8) is 0 Å². The van der Waals surface area contributed by atoms with E-state index in [1.807, 2.05) is 0 Å². The Labute approximate surface area is 130 Å². The van der Waals surface area contributed by atoms with Crippen LogP contribution in [0.5, 0.6) is 0 Å². The van der Waals surface area contributed by atoms with E-state index in [1.165, 1.54) is 51.4 Å². The van der Waals surface area contributed by atoms with E-state index >= 15 is 0 Å². The van der Waals surface area contributed by atoms with Crippen LogP contribution in [0.1, 0.15) is 71.1 Å². The van der Waals surface area contributed by atoms with Crippen molar-refractivity contribution in [1.82, 2.24) is 0 Å². The van der Waals surface area contributed by atoms with Gasteiger partial charge >= 0.3 is 29.6 Å². The first-order valence-electron chi connectivity index (χ1n) is 6.56. The predicted octanol–water partition coefficient (Wildman–Crippen LogP) is 0.507. The van der Waals surface area contributed by atoms with Crippen molar-refractivity contribution in [2.75, 3.05) is 6.61 Å². The van der Waals surface area contributed by atoms with Crippen molar-refractivity contribution in [1.29, 1.82) is 0 Å². The quantitative estimate of drug-likeness (QED) is 0.320. The van der Waals surface area contributed by atoms with Crippen molar-refractivity contribution in [2.24, 2.45) is 0 Å². The minimum Gasteiger partial charge on any atom is -0.786 e. The second-order valence-electron chi connectivity index (χ2n) is 4.25. The first-order valence-corrected chi connectivity index (χ1v) is 7.69. The zero-order valence-electron chi connectivity index (χ0n) is 11.5. The predicted molar refractivity (Wildman–Crippen MR) is 66.9 cm³/mol. The normalized spacial score (nSPS) is 12.2. The molecule has 5 heteroatoms. The van der Waals surface area contributed by atoms with Gasteiger partial charge in [-0.1, -0.05) is 64.7 Å². The summed E-state index contributed by atoms with van der Waals surface area (Å²) >= 11 is 0. The zero-order chi connectivity index (χ0) is 12.1. The Bertz CT molecular complexity index is 137. The van der Waals surface area contributed by atoms with E-state index in [9.17, 15) is 4.89 Å². The monoisotopic (exact) mass is 272 g/mol. The van der Waals surface area contributed by atoms with Crippen LogP contribution >= 0.6 is 8.60 Å². The fraction of sp³-hybridized carbons (Fsp3) is 1.00. The van der Waals surface area contributed by atoms with E-state index in [-0.39, 0.29) is 29.6 Å². The van der Waals surface area contributed by atoms with Gasteiger partial charge in [0, 0.05) is 0 Å². The van der Waals surface area contributed by atoms with Crippen LogP contribution in [0.2, 0.25) is 0 Å². The molecule has 0 aromatic carbocycles. The van der Waals surface area contributed by atoms with Crippen LogP contribution in [0.3, 0.4) is 0 Å². The SMILES string of the molecule is CCCCCCCCCCCCOP([O-])O.[Na+]. The van der Waals surface area contributed by atoms with Crippen molar-refractivity contribution in [2.45, 2.75) is 71.1 Å². The first kappa shape index (κ1) is 20.6. The summed E-state index contributed by atoms with van der Waals surface area (Å²) in [6.45, 7) is 2.66. The molecule has 3 nitrogen and oxygen atoms in total. The molecule has 0 amide bonds. The summed E-state index contributed by atoms with van der Waals surface area (Å²) < 4.78 is 4.58. The van der Waals surface area contributed by atoms with Crippen molar-refractivity contribution < 1.29 is 43.9 Å². The molecule has 0 aromatic rings. The van der Waals surface area contributed by atoms with Crippen molar-refractivity contribution in [3.8, 4) is 0 Å². The van der Waals surface area contributed by atoms with Crippen LogP contribution in [-0.2, 0) is 4.52 Å². The van der Waals surface area contributed by atoms with Gasteiger partial charge in [0.25, 0.3) is 0 Å². The summed E-state index contributed by atoms with van der Waals surface area (Å²) in [5.41, 5.74) is 0. The second-order valence-corrected chi connectivity index (χ2v) is 4.99. The molecule has 0 aliphatic heterocycles. The van der Waals surface area contributed by atoms with Crippen LogP contribution in [0.4, 0.5) is 0 Å². The standard InChI is InChI=1S/C12H26O3P.Na/c1-2-3-4-5-6-7-8-9-10-11-12-15-16(13)14;/h13H,2-12H2,1H3;/q-1;+1. The smallest absolute Gasteiger partial charge is 0.786 e. The zero-order valence-corrected chi connectivity index (χ0v) is 14.4. The van der Waals surface area contributed by atoms with Crippen LogP contribution in [0.25, 0.3) is 0 Å². The van der Waals surface area contributed by atoms with Gasteiger partial charge in [-0.2, -0.15) is 0 Å². The minimum atomic E-state index is -2.39. The molecule has 0 saturated heterocycles. The van der Waals surface area contributed by atoms with E-state index in [1.54, 1.807) is 0 Å². The van der Waals surface area contributed by atoms with Crippen LogP contribution in [0, 0.1) is 0 Å². The summed E-state index contributed by atoms with van der Waals surface area (Å²) in [7, 11) is -2.39. The van der Waals surface area contributed by atoms with Gasteiger partial charge in [-0.25, -0.2) is 0 Å². The van der Waals surface area contributed by atoms with Gasteiger partial charge in [-0.3, -0.25) is 0 Å². The van der Waals surface area contributed by atoms with E-state index in [4.69, 9.17) is 4.89 Å². The van der Waals surface area contributed by atoms with Crippen molar-refractivity contribution >= 4 is 8.60 Å². The maximum Gasteiger partial charge on any atom is 1.00 e. The van der Waals surface area contributed by atoms with E-state index < -0.39 is 8.60 Å². The number of hydrogen-bond acceptors (Lipinski definition) is 3. The van der Waals surface area contributed by atoms with Crippen LogP contribution < -0.4 is 34.5 Å². The molecule has 0 aliphatic rings. The molecular formula is C12H26NaO3P. The molecular weight excluding hydrogens is 246 g/mol. The molecule has 0 spiro atoms. The van der Waals surface area contributed by atoms with Gasteiger partial charge in [0.2, 0.25) is 0 Å². The third-order valence-electron chi connectivity index (χ3n) is 2.70. The van der Waals surface area contributed by atoms with E-state index in [2.05, 4.69) is 11.4 Å². The third-order valence-corrected chi connectivity index (χ3v) is 3.10. The van der Waals surface area contributed by atoms with Crippen molar-refractivity contribution in [3.05, 3.63) is 0 Å². The molecule has 17 heavy (non-hydrogen) atoms. The molecule has 1 atom stereocenters. The van der Waals surface area contributed by atoms with E-state index in [0.29, 0.717) is 6.61 Å². The summed E-state index contributed by atoms with van der Waals surface area (Å²) in [5.74, 6) is 0. The Kier molecular flexibility index (Phi) is 21.0. The molecule has 1 N–H and O–H groups in total. The Hall–Kier alpha value is 1.31. The van der Waals surface area contributed by atoms with Gasteiger partial charge in [-0.05, 0) is 6.42 Å². The van der Waals surface area contributed by atoms with Crippen LogP contribution in [-0.4, -0.2) is 11.5 Å². The topological polar surface area (TPSA) is 52.5 Å². The van der Waals surface area contributed by atoms with Gasteiger partial charge in [0.1, 0.15) is 0 Å². The van der Waals surface area contributed by atoms with Gasteiger partial charge in [0.05, 0.1) is 15.2 Å². The number of hydrogen-bond donors (Lipinski definition) is 1. The molecule has 0 aromatic heterocycles. The molecule has 0 saturated carbocycles. The molecule has 0 fully saturated rings. The third kappa shape index (κ3) is 19.8. The molecule has 0 radical (unpaired) electrons. The van der Waals surface area contributed by atoms with Gasteiger partial charge in [-0.15, -0.1) is 0 Å². The molecule has 0 bridgehead atoms. The summed E-state index contributed by atoms with van der Waals surface area (Å²) in [5, 5.41) is 0. The average molecular weight is 272 g/mol. The largest absolute Gasteiger partial charge is 1.00 e. The Morgan fingerprint density at radius 3 is 1.71 bits per heavy atom. The summed E-state index contributed by atoms with van der Waals surface area (Å²) in [6, 6.07) is 0. The first-order chi connectivity index (χ1) is 7.77. The Morgan fingerprint density at radius 1 is 0.882 bits per heavy atom. The number of unbranched alkanes of at least 4 members (excludes halogenated alkanes) is 9. The fourth-order valence-electron chi connectivity index (χ4n) is 1.73. The Morgan fingerprint density at radius 2 is 1.29 bits per heavy atom. The summed E-state index contributed by atoms with van der Waals surface area (Å²) in [4.78, 5) is 18.6. The fourth-order valence-corrected chi connectivity index (χ4v) is 2.02.